The first kappa shape index (κ1) is 25.7. The van der Waals surface area contributed by atoms with Gasteiger partial charge in [0, 0.05) is 5.56 Å². The predicted molar refractivity (Wildman–Crippen MR) is 129 cm³/mol. The van der Waals surface area contributed by atoms with E-state index >= 15 is 0 Å². The second-order valence-electron chi connectivity index (χ2n) is 8.77. The van der Waals surface area contributed by atoms with Crippen LogP contribution in [0.3, 0.4) is 0 Å². The van der Waals surface area contributed by atoms with Gasteiger partial charge in [-0.2, -0.15) is 10.2 Å². The zero-order chi connectivity index (χ0) is 27.7. The average Bonchev–Trinajstić information content (AvgIpc) is 3.50. The van der Waals surface area contributed by atoms with Gasteiger partial charge < -0.3 is 4.74 Å². The van der Waals surface area contributed by atoms with Crippen molar-refractivity contribution >= 4 is 23.3 Å². The Hall–Kier alpha value is -4.94. The minimum absolute atomic E-state index is 0.0553. The first-order valence-electron chi connectivity index (χ1n) is 11.6. The lowest BCUT2D eigenvalue weighted by molar-refractivity contribution is -0.274. The van der Waals surface area contributed by atoms with E-state index in [0.717, 1.165) is 34.7 Å². The van der Waals surface area contributed by atoms with Crippen LogP contribution < -0.4 is 9.64 Å². The molecule has 1 aliphatic rings. The maximum Gasteiger partial charge on any atom is 0.573 e. The SMILES string of the molecule is Cc1ccc(N2C(=O)C(=O)C(C(=O)c3ccc(OC(F)(F)F)cc3)C2c2ccc(Cn3cncn3)cc2)nn1. The van der Waals surface area contributed by atoms with Gasteiger partial charge in [-0.05, 0) is 54.4 Å². The molecule has 1 saturated heterocycles. The monoisotopic (exact) mass is 536 g/mol. The molecule has 1 fully saturated rings. The third-order valence-electron chi connectivity index (χ3n) is 6.12. The molecular weight excluding hydrogens is 517 g/mol. The van der Waals surface area contributed by atoms with Crippen molar-refractivity contribution in [3.63, 3.8) is 0 Å². The Morgan fingerprint density at radius 3 is 2.28 bits per heavy atom. The lowest BCUT2D eigenvalue weighted by Gasteiger charge is -2.26. The molecule has 1 amide bonds. The lowest BCUT2D eigenvalue weighted by atomic mass is 9.86. The highest BCUT2D eigenvalue weighted by Crippen LogP contribution is 2.40. The zero-order valence-corrected chi connectivity index (χ0v) is 20.2. The number of carbonyl (C=O) groups excluding carboxylic acids is 3. The number of amides is 1. The number of benzene rings is 2. The van der Waals surface area contributed by atoms with Crippen LogP contribution in [-0.2, 0) is 16.1 Å². The molecule has 198 valence electrons. The molecule has 0 saturated carbocycles. The summed E-state index contributed by atoms with van der Waals surface area (Å²) in [5.74, 6) is -4.55. The Morgan fingerprint density at radius 2 is 1.69 bits per heavy atom. The Kier molecular flexibility index (Phi) is 6.64. The number of hydrogen-bond acceptors (Lipinski definition) is 8. The zero-order valence-electron chi connectivity index (χ0n) is 20.2. The summed E-state index contributed by atoms with van der Waals surface area (Å²) in [6, 6.07) is 13.2. The highest BCUT2D eigenvalue weighted by Gasteiger charge is 2.53. The highest BCUT2D eigenvalue weighted by atomic mass is 19.4. The van der Waals surface area contributed by atoms with E-state index < -0.39 is 41.5 Å². The molecular formula is C26H19F3N6O4. The van der Waals surface area contributed by atoms with Crippen molar-refractivity contribution in [3.05, 3.63) is 95.7 Å². The summed E-state index contributed by atoms with van der Waals surface area (Å²) in [6.45, 7) is 2.13. The number of ether oxygens (including phenoxy) is 1. The average molecular weight is 536 g/mol. The van der Waals surface area contributed by atoms with Crippen LogP contribution in [-0.4, -0.2) is 48.8 Å². The molecule has 3 heterocycles. The molecule has 1 aliphatic heterocycles. The second kappa shape index (κ2) is 10.1. The molecule has 2 aromatic carbocycles. The predicted octanol–water partition coefficient (Wildman–Crippen LogP) is 3.48. The van der Waals surface area contributed by atoms with Crippen LogP contribution in [0.5, 0.6) is 5.75 Å². The molecule has 4 aromatic rings. The normalized spacial score (nSPS) is 17.5. The molecule has 0 bridgehead atoms. The number of alkyl halides is 3. The fourth-order valence-corrected chi connectivity index (χ4v) is 4.36. The standard InChI is InChI=1S/C26H19F3N6O4/c1-15-2-11-20(33-32-15)35-22(17-5-3-16(4-6-17)12-34-14-30-13-31-34)21(24(37)25(35)38)23(36)18-7-9-19(10-8-18)39-26(27,28)29/h2-11,13-14,21-22H,12H2,1H3. The van der Waals surface area contributed by atoms with Crippen LogP contribution in [0.25, 0.3) is 0 Å². The molecule has 2 atom stereocenters. The Balaban J connectivity index is 1.51. The van der Waals surface area contributed by atoms with Crippen LogP contribution in [0.15, 0.2) is 73.3 Å². The first-order valence-corrected chi connectivity index (χ1v) is 11.6. The van der Waals surface area contributed by atoms with Crippen molar-refractivity contribution in [3.8, 4) is 5.75 Å². The third kappa shape index (κ3) is 5.37. The van der Waals surface area contributed by atoms with Crippen molar-refractivity contribution in [2.75, 3.05) is 4.90 Å². The molecule has 13 heteroatoms. The van der Waals surface area contributed by atoms with Crippen LogP contribution in [0.1, 0.15) is 33.2 Å². The Morgan fingerprint density at radius 1 is 0.974 bits per heavy atom. The fourth-order valence-electron chi connectivity index (χ4n) is 4.36. The molecule has 0 aliphatic carbocycles. The number of rotatable bonds is 7. The quantitative estimate of drug-likeness (QED) is 0.200. The summed E-state index contributed by atoms with van der Waals surface area (Å²) in [5, 5.41) is 12.1. The summed E-state index contributed by atoms with van der Waals surface area (Å²) < 4.78 is 43.1. The highest BCUT2D eigenvalue weighted by molar-refractivity contribution is 6.48. The van der Waals surface area contributed by atoms with Crippen molar-refractivity contribution in [2.24, 2.45) is 5.92 Å². The fraction of sp³-hybridized carbons (Fsp3) is 0.192. The van der Waals surface area contributed by atoms with Gasteiger partial charge in [0.2, 0.25) is 5.78 Å². The van der Waals surface area contributed by atoms with Gasteiger partial charge in [0.25, 0.3) is 5.91 Å². The van der Waals surface area contributed by atoms with E-state index in [2.05, 4.69) is 25.0 Å². The number of anilines is 1. The number of Topliss-reactive ketones (excluding diaryl/α,β-unsaturated/α-hetero) is 2. The van der Waals surface area contributed by atoms with E-state index in [1.807, 2.05) is 0 Å². The van der Waals surface area contributed by atoms with Gasteiger partial charge in [0.05, 0.1) is 18.3 Å². The smallest absolute Gasteiger partial charge is 0.406 e. The molecule has 2 unspecified atom stereocenters. The van der Waals surface area contributed by atoms with Crippen molar-refractivity contribution in [1.29, 1.82) is 0 Å². The third-order valence-corrected chi connectivity index (χ3v) is 6.12. The summed E-state index contributed by atoms with van der Waals surface area (Å²) in [6.07, 6.45) is -1.94. The maximum atomic E-state index is 13.6. The van der Waals surface area contributed by atoms with E-state index in [9.17, 15) is 27.6 Å². The van der Waals surface area contributed by atoms with Crippen molar-refractivity contribution in [1.82, 2.24) is 25.0 Å². The van der Waals surface area contributed by atoms with E-state index in [0.29, 0.717) is 17.8 Å². The maximum absolute atomic E-state index is 13.6. The molecule has 39 heavy (non-hydrogen) atoms. The van der Waals surface area contributed by atoms with Gasteiger partial charge in [-0.25, -0.2) is 9.67 Å². The first-order chi connectivity index (χ1) is 18.6. The number of aromatic nitrogens is 5. The minimum atomic E-state index is -4.90. The summed E-state index contributed by atoms with van der Waals surface area (Å²) in [5.41, 5.74) is 1.86. The van der Waals surface area contributed by atoms with E-state index in [-0.39, 0.29) is 11.4 Å². The van der Waals surface area contributed by atoms with Gasteiger partial charge in [0.1, 0.15) is 24.3 Å². The van der Waals surface area contributed by atoms with E-state index in [1.165, 1.54) is 12.4 Å². The number of nitrogens with zero attached hydrogens (tertiary/aromatic N) is 6. The van der Waals surface area contributed by atoms with Crippen molar-refractivity contribution in [2.45, 2.75) is 25.9 Å². The van der Waals surface area contributed by atoms with Gasteiger partial charge in [-0.3, -0.25) is 19.3 Å². The van der Waals surface area contributed by atoms with E-state index in [4.69, 9.17) is 0 Å². The number of ketones is 2. The van der Waals surface area contributed by atoms with E-state index in [1.54, 1.807) is 48.3 Å². The minimum Gasteiger partial charge on any atom is -0.406 e. The van der Waals surface area contributed by atoms with Gasteiger partial charge in [0.15, 0.2) is 11.6 Å². The van der Waals surface area contributed by atoms with Gasteiger partial charge in [-0.15, -0.1) is 18.3 Å². The number of carbonyl (C=O) groups is 3. The molecule has 0 N–H and O–H groups in total. The number of halogens is 3. The largest absolute Gasteiger partial charge is 0.573 e. The van der Waals surface area contributed by atoms with Gasteiger partial charge >= 0.3 is 6.36 Å². The molecule has 10 nitrogen and oxygen atoms in total. The summed E-state index contributed by atoms with van der Waals surface area (Å²) in [7, 11) is 0. The molecule has 0 radical (unpaired) electrons. The molecule has 0 spiro atoms. The second-order valence-corrected chi connectivity index (χ2v) is 8.77. The molecule has 5 rings (SSSR count). The number of hydrogen-bond donors (Lipinski definition) is 0. The summed E-state index contributed by atoms with van der Waals surface area (Å²) in [4.78, 5) is 45.0. The van der Waals surface area contributed by atoms with Gasteiger partial charge in [-0.1, -0.05) is 24.3 Å². The molecule has 2 aromatic heterocycles. The topological polar surface area (TPSA) is 120 Å². The van der Waals surface area contributed by atoms with Crippen LogP contribution in [0.4, 0.5) is 19.0 Å². The number of aryl methyl sites for hydroxylation is 1. The van der Waals surface area contributed by atoms with Crippen LogP contribution in [0, 0.1) is 12.8 Å². The Labute approximate surface area is 219 Å². The van der Waals surface area contributed by atoms with Crippen LogP contribution in [0.2, 0.25) is 0 Å². The van der Waals surface area contributed by atoms with Crippen LogP contribution >= 0.6 is 0 Å². The Bertz CT molecular complexity index is 1510. The van der Waals surface area contributed by atoms with Crippen molar-refractivity contribution < 1.29 is 32.3 Å². The summed E-state index contributed by atoms with van der Waals surface area (Å²) >= 11 is 0. The lowest BCUT2D eigenvalue weighted by Crippen LogP contribution is -2.31.